The van der Waals surface area contributed by atoms with Gasteiger partial charge < -0.3 is 10.1 Å². The van der Waals surface area contributed by atoms with Gasteiger partial charge in [0.2, 0.25) is 0 Å². The van der Waals surface area contributed by atoms with Crippen LogP contribution in [0.25, 0.3) is 0 Å². The van der Waals surface area contributed by atoms with Gasteiger partial charge in [-0.05, 0) is 24.3 Å². The average molecular weight is 351 g/mol. The molecule has 130 valence electrons. The summed E-state index contributed by atoms with van der Waals surface area (Å²) >= 11 is 4.41. The number of nitrogens with zero attached hydrogens (tertiary/aromatic N) is 2. The Morgan fingerprint density at radius 3 is 2.58 bits per heavy atom. The van der Waals surface area contributed by atoms with Crippen LogP contribution in [0.15, 0.2) is 24.3 Å². The number of nitro benzene ring substituents is 1. The molecule has 8 heteroatoms. The summed E-state index contributed by atoms with van der Waals surface area (Å²) in [5, 5.41) is 13.8. The molecule has 1 aliphatic heterocycles. The largest absolute Gasteiger partial charge is 0.449 e. The number of thiol groups is 1. The van der Waals surface area contributed by atoms with Crippen molar-refractivity contribution in [3.63, 3.8) is 0 Å². The van der Waals surface area contributed by atoms with Crippen molar-refractivity contribution in [2.24, 2.45) is 5.92 Å². The molecule has 1 aromatic rings. The highest BCUT2D eigenvalue weighted by molar-refractivity contribution is 7.81. The van der Waals surface area contributed by atoms with E-state index in [1.165, 1.54) is 12.1 Å². The molecule has 0 bridgehead atoms. The van der Waals surface area contributed by atoms with Gasteiger partial charge in [0.1, 0.15) is 0 Å². The molecule has 0 radical (unpaired) electrons. The summed E-state index contributed by atoms with van der Waals surface area (Å²) in [5.74, 6) is 0.444. The molecule has 1 aliphatic carbocycles. The van der Waals surface area contributed by atoms with Crippen LogP contribution in [0.3, 0.4) is 0 Å². The van der Waals surface area contributed by atoms with Crippen LogP contribution in [-0.2, 0) is 11.3 Å². The van der Waals surface area contributed by atoms with Crippen LogP contribution in [-0.4, -0.2) is 46.9 Å². The molecule has 1 amide bonds. The van der Waals surface area contributed by atoms with Crippen molar-refractivity contribution in [3.05, 3.63) is 39.9 Å². The number of ether oxygens (including phenoxy) is 1. The fraction of sp³-hybridized carbons (Fsp3) is 0.562. The predicted octanol–water partition coefficient (Wildman–Crippen LogP) is 2.21. The zero-order chi connectivity index (χ0) is 17.1. The first-order chi connectivity index (χ1) is 11.5. The number of carbonyl (C=O) groups excluding carboxylic acids is 1. The van der Waals surface area contributed by atoms with E-state index in [0.717, 1.165) is 31.5 Å². The molecule has 0 spiro atoms. The lowest BCUT2D eigenvalue weighted by Crippen LogP contribution is -2.57. The lowest BCUT2D eigenvalue weighted by Gasteiger charge is -2.49. The minimum atomic E-state index is -0.450. The fourth-order valence-corrected chi connectivity index (χ4v) is 3.49. The summed E-state index contributed by atoms with van der Waals surface area (Å²) in [4.78, 5) is 24.3. The van der Waals surface area contributed by atoms with Gasteiger partial charge in [-0.2, -0.15) is 12.6 Å². The molecule has 1 saturated heterocycles. The lowest BCUT2D eigenvalue weighted by molar-refractivity contribution is -0.384. The second-order valence-electron chi connectivity index (χ2n) is 6.47. The van der Waals surface area contributed by atoms with Gasteiger partial charge in [0.05, 0.1) is 11.5 Å². The van der Waals surface area contributed by atoms with E-state index in [1.807, 2.05) is 0 Å². The normalized spacial score (nSPS) is 23.9. The van der Waals surface area contributed by atoms with E-state index in [4.69, 9.17) is 4.74 Å². The number of hydrogen-bond donors (Lipinski definition) is 2. The quantitative estimate of drug-likeness (QED) is 0.466. The van der Waals surface area contributed by atoms with Crippen molar-refractivity contribution in [2.75, 3.05) is 19.7 Å². The van der Waals surface area contributed by atoms with E-state index >= 15 is 0 Å². The molecular weight excluding hydrogens is 330 g/mol. The highest BCUT2D eigenvalue weighted by Crippen LogP contribution is 2.35. The van der Waals surface area contributed by atoms with Crippen molar-refractivity contribution < 1.29 is 14.5 Å². The number of nitrogens with one attached hydrogen (secondary N) is 1. The van der Waals surface area contributed by atoms with Crippen molar-refractivity contribution >= 4 is 24.4 Å². The van der Waals surface area contributed by atoms with Crippen molar-refractivity contribution in [1.29, 1.82) is 0 Å². The number of nitro groups is 1. The molecule has 1 N–H and O–H groups in total. The Morgan fingerprint density at radius 1 is 1.33 bits per heavy atom. The third kappa shape index (κ3) is 4.18. The Kier molecular flexibility index (Phi) is 5.25. The molecule has 0 unspecified atom stereocenters. The summed E-state index contributed by atoms with van der Waals surface area (Å²) in [5.41, 5.74) is 0.827. The summed E-state index contributed by atoms with van der Waals surface area (Å²) in [7, 11) is 0. The van der Waals surface area contributed by atoms with Gasteiger partial charge in [0.15, 0.2) is 0 Å². The van der Waals surface area contributed by atoms with E-state index in [0.29, 0.717) is 30.4 Å². The molecule has 1 heterocycles. The van der Waals surface area contributed by atoms with Crippen LogP contribution in [0.4, 0.5) is 10.5 Å². The zero-order valence-electron chi connectivity index (χ0n) is 13.3. The van der Waals surface area contributed by atoms with Gasteiger partial charge in [-0.15, -0.1) is 0 Å². The van der Waals surface area contributed by atoms with Crippen molar-refractivity contribution in [2.45, 2.75) is 30.7 Å². The van der Waals surface area contributed by atoms with E-state index in [-0.39, 0.29) is 5.69 Å². The molecular formula is C16H21N3O4S. The maximum atomic E-state index is 11.7. The molecule has 2 fully saturated rings. The van der Waals surface area contributed by atoms with Crippen LogP contribution >= 0.6 is 12.6 Å². The first-order valence-corrected chi connectivity index (χ1v) is 8.59. The Labute approximate surface area is 145 Å². The van der Waals surface area contributed by atoms with E-state index in [9.17, 15) is 14.9 Å². The highest BCUT2D eigenvalue weighted by atomic mass is 32.1. The number of alkyl carbamates (subject to hydrolysis) is 1. The molecule has 1 aromatic carbocycles. The Balaban J connectivity index is 1.30. The number of rotatable bonds is 6. The fourth-order valence-electron chi connectivity index (χ4n) is 3.08. The number of carbonyl (C=O) groups is 1. The topological polar surface area (TPSA) is 84.7 Å². The third-order valence-corrected chi connectivity index (χ3v) is 4.98. The second kappa shape index (κ2) is 7.40. The van der Waals surface area contributed by atoms with Gasteiger partial charge >= 0.3 is 6.09 Å². The SMILES string of the molecule is O=C(NCc1ccc([N+](=O)[O-])cc1)OCC1CC(N2CC(S)C2)C1. The minimum Gasteiger partial charge on any atom is -0.449 e. The number of non-ortho nitro benzene ring substituents is 1. The van der Waals surface area contributed by atoms with Gasteiger partial charge in [-0.25, -0.2) is 4.79 Å². The first kappa shape index (κ1) is 17.0. The van der Waals surface area contributed by atoms with E-state index in [2.05, 4.69) is 22.8 Å². The number of amides is 1. The van der Waals surface area contributed by atoms with E-state index in [1.54, 1.807) is 12.1 Å². The predicted molar refractivity (Wildman–Crippen MR) is 92.1 cm³/mol. The molecule has 0 aromatic heterocycles. The van der Waals surface area contributed by atoms with Gasteiger partial charge in [0, 0.05) is 43.1 Å². The summed E-state index contributed by atoms with van der Waals surface area (Å²) in [6.45, 7) is 2.87. The molecule has 3 rings (SSSR count). The van der Waals surface area contributed by atoms with Crippen LogP contribution in [0.1, 0.15) is 18.4 Å². The van der Waals surface area contributed by atoms with Gasteiger partial charge in [-0.1, -0.05) is 12.1 Å². The average Bonchev–Trinajstić information content (AvgIpc) is 2.49. The van der Waals surface area contributed by atoms with Crippen LogP contribution < -0.4 is 5.32 Å². The van der Waals surface area contributed by atoms with Crippen molar-refractivity contribution in [3.8, 4) is 0 Å². The summed E-state index contributed by atoms with van der Waals surface area (Å²) in [6.07, 6.45) is 1.71. The number of likely N-dealkylation sites (tertiary alicyclic amines) is 1. The van der Waals surface area contributed by atoms with Crippen LogP contribution in [0, 0.1) is 16.0 Å². The monoisotopic (exact) mass is 351 g/mol. The smallest absolute Gasteiger partial charge is 0.407 e. The minimum absolute atomic E-state index is 0.0345. The molecule has 0 atom stereocenters. The number of benzene rings is 1. The van der Waals surface area contributed by atoms with Crippen LogP contribution in [0.2, 0.25) is 0 Å². The lowest BCUT2D eigenvalue weighted by atomic mass is 9.79. The number of hydrogen-bond acceptors (Lipinski definition) is 6. The highest BCUT2D eigenvalue weighted by Gasteiger charge is 2.38. The van der Waals surface area contributed by atoms with Crippen LogP contribution in [0.5, 0.6) is 0 Å². The Hall–Kier alpha value is -1.80. The molecule has 2 aliphatic rings. The van der Waals surface area contributed by atoms with Crippen molar-refractivity contribution in [1.82, 2.24) is 10.2 Å². The summed E-state index contributed by atoms with van der Waals surface area (Å²) in [6, 6.07) is 6.71. The molecule has 24 heavy (non-hydrogen) atoms. The molecule has 1 saturated carbocycles. The molecule has 7 nitrogen and oxygen atoms in total. The zero-order valence-corrected chi connectivity index (χ0v) is 14.2. The van der Waals surface area contributed by atoms with E-state index < -0.39 is 11.0 Å². The first-order valence-electron chi connectivity index (χ1n) is 8.07. The summed E-state index contributed by atoms with van der Waals surface area (Å²) < 4.78 is 5.24. The third-order valence-electron chi connectivity index (χ3n) is 4.65. The van der Waals surface area contributed by atoms with Gasteiger partial charge in [0.25, 0.3) is 5.69 Å². The maximum Gasteiger partial charge on any atom is 0.407 e. The Morgan fingerprint density at radius 2 is 2.00 bits per heavy atom. The van der Waals surface area contributed by atoms with Gasteiger partial charge in [-0.3, -0.25) is 15.0 Å². The maximum absolute atomic E-state index is 11.7. The standard InChI is InChI=1S/C16H21N3O4S/c20-16(17-7-11-1-3-13(4-2-11)19(21)22)23-10-12-5-14(6-12)18-8-15(24)9-18/h1-4,12,14-15,24H,5-10H2,(H,17,20). The Bertz CT molecular complexity index is 598. The second-order valence-corrected chi connectivity index (χ2v) is 7.20.